The second-order valence-electron chi connectivity index (χ2n) is 4.18. The van der Waals surface area contributed by atoms with Gasteiger partial charge in [0.1, 0.15) is 12.1 Å². The molecule has 0 aromatic carbocycles. The van der Waals surface area contributed by atoms with Gasteiger partial charge in [-0.25, -0.2) is 9.59 Å². The van der Waals surface area contributed by atoms with Gasteiger partial charge in [0, 0.05) is 13.7 Å². The summed E-state index contributed by atoms with van der Waals surface area (Å²) in [6, 6.07) is -3.23. The lowest BCUT2D eigenvalue weighted by atomic mass is 10.2. The van der Waals surface area contributed by atoms with Crippen LogP contribution in [0.5, 0.6) is 0 Å². The molecule has 10 nitrogen and oxygen atoms in total. The van der Waals surface area contributed by atoms with Gasteiger partial charge in [0.15, 0.2) is 0 Å². The molecule has 1 unspecified atom stereocenters. The summed E-state index contributed by atoms with van der Waals surface area (Å²) < 4.78 is 4.75. The Labute approximate surface area is 121 Å². The number of hydrogen-bond acceptors (Lipinski definition) is 5. The summed E-state index contributed by atoms with van der Waals surface area (Å²) in [5.41, 5.74) is 4.87. The van der Waals surface area contributed by atoms with Crippen LogP contribution in [-0.2, 0) is 19.1 Å². The van der Waals surface area contributed by atoms with Gasteiger partial charge in [0.25, 0.3) is 0 Å². The van der Waals surface area contributed by atoms with Crippen molar-refractivity contribution in [2.75, 3.05) is 20.3 Å². The fourth-order valence-corrected chi connectivity index (χ4v) is 1.29. The van der Waals surface area contributed by atoms with E-state index in [0.717, 1.165) is 0 Å². The first-order valence-corrected chi connectivity index (χ1v) is 6.12. The third-order valence-corrected chi connectivity index (χ3v) is 2.36. The maximum Gasteiger partial charge on any atom is 0.326 e. The molecule has 0 heterocycles. The number of carbonyl (C=O) groups excluding carboxylic acids is 3. The highest BCUT2D eigenvalue weighted by Gasteiger charge is 2.23. The van der Waals surface area contributed by atoms with Crippen LogP contribution in [-0.4, -0.2) is 61.3 Å². The van der Waals surface area contributed by atoms with E-state index in [0.29, 0.717) is 6.61 Å². The number of rotatable bonds is 9. The van der Waals surface area contributed by atoms with Crippen molar-refractivity contribution < 1.29 is 29.0 Å². The molecule has 0 aromatic heterocycles. The van der Waals surface area contributed by atoms with Gasteiger partial charge in [-0.3, -0.25) is 9.59 Å². The summed E-state index contributed by atoms with van der Waals surface area (Å²) in [4.78, 5) is 44.6. The normalized spacial score (nSPS) is 12.9. The minimum atomic E-state index is -1.45. The molecule has 0 spiro atoms. The molecule has 0 fully saturated rings. The van der Waals surface area contributed by atoms with Gasteiger partial charge in [0.2, 0.25) is 11.8 Å². The summed E-state index contributed by atoms with van der Waals surface area (Å²) in [5.74, 6) is -2.72. The van der Waals surface area contributed by atoms with E-state index in [1.807, 2.05) is 5.32 Å². The Morgan fingerprint density at radius 2 is 1.86 bits per heavy atom. The molecule has 120 valence electrons. The van der Waals surface area contributed by atoms with E-state index in [1.165, 1.54) is 14.0 Å². The van der Waals surface area contributed by atoms with Crippen molar-refractivity contribution >= 4 is 23.8 Å². The molecule has 2 atom stereocenters. The van der Waals surface area contributed by atoms with Crippen molar-refractivity contribution in [2.24, 2.45) is 5.73 Å². The molecule has 4 amide bonds. The molecule has 0 aliphatic carbocycles. The Morgan fingerprint density at radius 1 is 1.24 bits per heavy atom. The second kappa shape index (κ2) is 9.53. The highest BCUT2D eigenvalue weighted by atomic mass is 16.5. The zero-order chi connectivity index (χ0) is 16.4. The lowest BCUT2D eigenvalue weighted by Crippen LogP contribution is -2.53. The Morgan fingerprint density at radius 3 is 2.33 bits per heavy atom. The molecule has 21 heavy (non-hydrogen) atoms. The number of hydrogen-bond donors (Lipinski definition) is 5. The molecule has 0 bridgehead atoms. The molecule has 0 saturated carbocycles. The zero-order valence-corrected chi connectivity index (χ0v) is 11.8. The molecule has 0 aliphatic heterocycles. The number of nitrogens with one attached hydrogen (secondary N) is 3. The van der Waals surface area contributed by atoms with Gasteiger partial charge in [0.05, 0.1) is 13.0 Å². The van der Waals surface area contributed by atoms with Crippen LogP contribution in [0.3, 0.4) is 0 Å². The topological polar surface area (TPSA) is 160 Å². The lowest BCUT2D eigenvalue weighted by Gasteiger charge is -2.17. The minimum Gasteiger partial charge on any atom is -0.480 e. The standard InChI is InChI=1S/C11H20N4O6/c1-6(9(17)13-3-4-21-2)14-11(20)15-7(10(18)19)5-8(12)16/h6-7H,3-5H2,1-2H3,(H2,12,16)(H,13,17)(H,18,19)(H2,14,15,20)/t6?,7-/m1/s1. The van der Waals surface area contributed by atoms with Crippen LogP contribution >= 0.6 is 0 Å². The number of carbonyl (C=O) groups is 4. The number of aliphatic carboxylic acids is 1. The van der Waals surface area contributed by atoms with Gasteiger partial charge >= 0.3 is 12.0 Å². The van der Waals surface area contributed by atoms with E-state index in [4.69, 9.17) is 15.6 Å². The molecule has 0 aliphatic rings. The van der Waals surface area contributed by atoms with E-state index in [9.17, 15) is 19.2 Å². The fourth-order valence-electron chi connectivity index (χ4n) is 1.29. The maximum absolute atomic E-state index is 11.6. The molecule has 6 N–H and O–H groups in total. The number of nitrogens with two attached hydrogens (primary N) is 1. The summed E-state index contributed by atoms with van der Waals surface area (Å²) in [6.07, 6.45) is -0.544. The summed E-state index contributed by atoms with van der Waals surface area (Å²) in [7, 11) is 1.48. The Balaban J connectivity index is 4.29. The van der Waals surface area contributed by atoms with Crippen molar-refractivity contribution in [3.63, 3.8) is 0 Å². The first-order valence-electron chi connectivity index (χ1n) is 6.12. The van der Waals surface area contributed by atoms with Crippen molar-refractivity contribution in [3.05, 3.63) is 0 Å². The highest BCUT2D eigenvalue weighted by molar-refractivity contribution is 5.90. The monoisotopic (exact) mass is 304 g/mol. The summed E-state index contributed by atoms with van der Waals surface area (Å²) in [6.45, 7) is 2.03. The fraction of sp³-hybridized carbons (Fsp3) is 0.636. The smallest absolute Gasteiger partial charge is 0.326 e. The van der Waals surface area contributed by atoms with E-state index >= 15 is 0 Å². The van der Waals surface area contributed by atoms with Crippen LogP contribution in [0.15, 0.2) is 0 Å². The number of amides is 4. The van der Waals surface area contributed by atoms with Crippen LogP contribution < -0.4 is 21.7 Å². The van der Waals surface area contributed by atoms with Crippen LogP contribution in [0, 0.1) is 0 Å². The predicted octanol–water partition coefficient (Wildman–Crippen LogP) is -2.23. The van der Waals surface area contributed by atoms with Crippen LogP contribution in [0.4, 0.5) is 4.79 Å². The number of primary amides is 1. The van der Waals surface area contributed by atoms with Gasteiger partial charge < -0.3 is 31.5 Å². The molecule has 0 saturated heterocycles. The van der Waals surface area contributed by atoms with E-state index < -0.39 is 42.3 Å². The first-order chi connectivity index (χ1) is 9.77. The number of ether oxygens (including phenoxy) is 1. The highest BCUT2D eigenvalue weighted by Crippen LogP contribution is 1.92. The average Bonchev–Trinajstić information content (AvgIpc) is 2.37. The van der Waals surface area contributed by atoms with Crippen LogP contribution in [0.2, 0.25) is 0 Å². The number of methoxy groups -OCH3 is 1. The van der Waals surface area contributed by atoms with Crippen molar-refractivity contribution in [1.82, 2.24) is 16.0 Å². The third-order valence-electron chi connectivity index (χ3n) is 2.36. The third kappa shape index (κ3) is 8.42. The van der Waals surface area contributed by atoms with Crippen LogP contribution in [0.1, 0.15) is 13.3 Å². The molecule has 0 rings (SSSR count). The lowest BCUT2D eigenvalue weighted by molar-refractivity contribution is -0.140. The summed E-state index contributed by atoms with van der Waals surface area (Å²) in [5, 5.41) is 15.6. The first kappa shape index (κ1) is 18.6. The van der Waals surface area contributed by atoms with Crippen molar-refractivity contribution in [3.8, 4) is 0 Å². The predicted molar refractivity (Wildman–Crippen MR) is 71.3 cm³/mol. The molecule has 0 radical (unpaired) electrons. The maximum atomic E-state index is 11.6. The molecule has 0 aromatic rings. The quantitative estimate of drug-likeness (QED) is 0.303. The minimum absolute atomic E-state index is 0.280. The largest absolute Gasteiger partial charge is 0.480 e. The Kier molecular flexibility index (Phi) is 8.46. The van der Waals surface area contributed by atoms with Crippen LogP contribution in [0.25, 0.3) is 0 Å². The zero-order valence-electron chi connectivity index (χ0n) is 11.8. The molecular formula is C11H20N4O6. The summed E-state index contributed by atoms with van der Waals surface area (Å²) >= 11 is 0. The Hall–Kier alpha value is -2.36. The number of urea groups is 1. The Bertz CT molecular complexity index is 400. The van der Waals surface area contributed by atoms with Gasteiger partial charge in [-0.2, -0.15) is 0 Å². The van der Waals surface area contributed by atoms with Crippen molar-refractivity contribution in [2.45, 2.75) is 25.4 Å². The molecule has 10 heteroatoms. The van der Waals surface area contributed by atoms with E-state index in [-0.39, 0.29) is 6.54 Å². The van der Waals surface area contributed by atoms with Gasteiger partial charge in [-0.1, -0.05) is 0 Å². The molecular weight excluding hydrogens is 284 g/mol. The average molecular weight is 304 g/mol. The van der Waals surface area contributed by atoms with E-state index in [2.05, 4.69) is 10.6 Å². The SMILES string of the molecule is COCCNC(=O)C(C)NC(=O)N[C@H](CC(N)=O)C(=O)O. The van der Waals surface area contributed by atoms with E-state index in [1.54, 1.807) is 0 Å². The van der Waals surface area contributed by atoms with Gasteiger partial charge in [-0.15, -0.1) is 0 Å². The number of carboxylic acid groups (broad SMARTS) is 1. The van der Waals surface area contributed by atoms with Crippen molar-refractivity contribution in [1.29, 1.82) is 0 Å². The number of carboxylic acids is 1. The van der Waals surface area contributed by atoms with Gasteiger partial charge in [-0.05, 0) is 6.92 Å². The second-order valence-corrected chi connectivity index (χ2v) is 4.18.